The molecule has 4 rings (SSSR count). The Balaban J connectivity index is 0.00000484. The molecule has 0 bridgehead atoms. The molecule has 0 aliphatic heterocycles. The van der Waals surface area contributed by atoms with Gasteiger partial charge in [0, 0.05) is 24.2 Å². The maximum Gasteiger partial charge on any atom is 0.392 e. The number of aromatic nitrogens is 5. The van der Waals surface area contributed by atoms with Crippen molar-refractivity contribution in [2.45, 2.75) is 13.5 Å². The number of hydrogen-bond donors (Lipinski definition) is 2. The molecule has 15 heteroatoms. The van der Waals surface area contributed by atoms with Crippen molar-refractivity contribution in [3.63, 3.8) is 0 Å². The molecule has 218 valence electrons. The van der Waals surface area contributed by atoms with E-state index in [9.17, 15) is 19.3 Å². The number of rotatable bonds is 9. The summed E-state index contributed by atoms with van der Waals surface area (Å²) < 4.78 is 15.9. The molecule has 0 radical (unpaired) electrons. The Labute approximate surface area is 259 Å². The maximum absolute atomic E-state index is 13.6. The van der Waals surface area contributed by atoms with Gasteiger partial charge in [-0.2, -0.15) is 0 Å². The summed E-state index contributed by atoms with van der Waals surface area (Å²) in [6, 6.07) is 6.13. The van der Waals surface area contributed by atoms with Crippen LogP contribution in [0.3, 0.4) is 0 Å². The minimum absolute atomic E-state index is 0. The Morgan fingerprint density at radius 2 is 2.02 bits per heavy atom. The maximum atomic E-state index is 13.6. The number of pyridine rings is 1. The van der Waals surface area contributed by atoms with Crippen LogP contribution in [0.25, 0.3) is 10.9 Å². The molecule has 0 fully saturated rings. The third kappa shape index (κ3) is 7.72. The van der Waals surface area contributed by atoms with Crippen LogP contribution in [0.1, 0.15) is 18.4 Å². The highest BCUT2D eigenvalue weighted by Gasteiger charge is 2.30. The molecular formula is C27H26Br2FN9O3. The molecule has 2 N–H and O–H groups in total. The summed E-state index contributed by atoms with van der Waals surface area (Å²) in [6.07, 6.45) is 5.96. The molecule has 0 unspecified atom stereocenters. The average Bonchev–Trinajstić information content (AvgIpc) is 3.21. The molecule has 42 heavy (non-hydrogen) atoms. The number of amides is 1. The second kappa shape index (κ2) is 13.6. The van der Waals surface area contributed by atoms with Crippen LogP contribution in [0.5, 0.6) is 0 Å². The predicted molar refractivity (Wildman–Crippen MR) is 156 cm³/mol. The minimum atomic E-state index is -0.513. The minimum Gasteiger partial charge on any atom is -1.00 e. The van der Waals surface area contributed by atoms with Gasteiger partial charge in [0.15, 0.2) is 5.69 Å². The van der Waals surface area contributed by atoms with E-state index < -0.39 is 10.8 Å². The molecule has 4 aromatic rings. The second-order valence-electron chi connectivity index (χ2n) is 9.63. The van der Waals surface area contributed by atoms with Crippen LogP contribution >= 0.6 is 15.9 Å². The van der Waals surface area contributed by atoms with Crippen molar-refractivity contribution in [1.29, 1.82) is 0 Å². The van der Waals surface area contributed by atoms with E-state index >= 15 is 0 Å². The summed E-state index contributed by atoms with van der Waals surface area (Å²) >= 11 is 3.17. The van der Waals surface area contributed by atoms with E-state index in [0.717, 1.165) is 0 Å². The number of quaternary nitrogens is 1. The molecule has 0 atom stereocenters. The van der Waals surface area contributed by atoms with Crippen LogP contribution in [-0.2, 0) is 18.4 Å². The summed E-state index contributed by atoms with van der Waals surface area (Å²) in [6.45, 7) is 2.34. The van der Waals surface area contributed by atoms with Crippen LogP contribution in [0.2, 0.25) is 0 Å². The standard InChI is InChI=1S/C27H25BrFN9O3.BrH/c1-5-7-24-35-27(37(40)41)22(36(24)2)15-38(3,4)11-6-8-25(39)34-23-13-18-21(14-30-23)31-16-32-26(18)33-17-9-10-20(29)19(28)12-17;/h6,8-10,12-14,16H,11,15H2,1-4H3,(H-,30,31,32,33,34,39);1H/b8-6+;. The van der Waals surface area contributed by atoms with E-state index in [1.54, 1.807) is 42.8 Å². The lowest BCUT2D eigenvalue weighted by atomic mass is 10.2. The van der Waals surface area contributed by atoms with Gasteiger partial charge in [0.2, 0.25) is 5.91 Å². The first-order valence-corrected chi connectivity index (χ1v) is 13.0. The van der Waals surface area contributed by atoms with Gasteiger partial charge in [0.1, 0.15) is 30.3 Å². The molecular weight excluding hydrogens is 677 g/mol. The first-order valence-electron chi connectivity index (χ1n) is 12.2. The normalized spacial score (nSPS) is 11.1. The van der Waals surface area contributed by atoms with Crippen molar-refractivity contribution in [2.75, 3.05) is 31.3 Å². The van der Waals surface area contributed by atoms with E-state index in [-0.39, 0.29) is 34.4 Å². The summed E-state index contributed by atoms with van der Waals surface area (Å²) in [5.41, 5.74) is 1.60. The molecule has 1 aromatic carbocycles. The van der Waals surface area contributed by atoms with Crippen molar-refractivity contribution in [1.82, 2.24) is 24.5 Å². The average molecular weight is 703 g/mol. The Bertz CT molecular complexity index is 1750. The lowest BCUT2D eigenvalue weighted by Gasteiger charge is -2.28. The van der Waals surface area contributed by atoms with Gasteiger partial charge in [0.05, 0.1) is 36.8 Å². The Hall–Kier alpha value is -4.26. The Morgan fingerprint density at radius 1 is 1.26 bits per heavy atom. The van der Waals surface area contributed by atoms with Gasteiger partial charge in [-0.25, -0.2) is 19.3 Å². The van der Waals surface area contributed by atoms with E-state index in [2.05, 4.69) is 58.3 Å². The Kier molecular flexibility index (Phi) is 10.4. The summed E-state index contributed by atoms with van der Waals surface area (Å²) in [4.78, 5) is 40.5. The summed E-state index contributed by atoms with van der Waals surface area (Å²) in [5, 5.41) is 18.0. The molecule has 12 nitrogen and oxygen atoms in total. The number of fused-ring (bicyclic) bond motifs is 1. The van der Waals surface area contributed by atoms with Crippen molar-refractivity contribution < 1.29 is 35.6 Å². The quantitative estimate of drug-likeness (QED) is 0.0879. The fraction of sp³-hybridized carbons (Fsp3) is 0.222. The van der Waals surface area contributed by atoms with Crippen LogP contribution in [0.15, 0.2) is 53.4 Å². The fourth-order valence-corrected chi connectivity index (χ4v) is 4.36. The number of carbonyl (C=O) groups is 1. The highest BCUT2D eigenvalue weighted by atomic mass is 79.9. The van der Waals surface area contributed by atoms with Gasteiger partial charge < -0.3 is 42.2 Å². The van der Waals surface area contributed by atoms with Crippen molar-refractivity contribution in [3.8, 4) is 11.8 Å². The van der Waals surface area contributed by atoms with Gasteiger partial charge in [-0.1, -0.05) is 5.92 Å². The highest BCUT2D eigenvalue weighted by molar-refractivity contribution is 9.10. The zero-order chi connectivity index (χ0) is 29.7. The van der Waals surface area contributed by atoms with Gasteiger partial charge in [0.25, 0.3) is 5.82 Å². The molecule has 3 heterocycles. The van der Waals surface area contributed by atoms with Crippen LogP contribution < -0.4 is 27.6 Å². The number of nitrogens with zero attached hydrogens (tertiary/aromatic N) is 7. The van der Waals surface area contributed by atoms with E-state index in [1.165, 1.54) is 24.7 Å². The lowest BCUT2D eigenvalue weighted by molar-refractivity contribution is -0.898. The SMILES string of the molecule is CC#Cc1nc([N+](=O)[O-])c(C[N+](C)(C)C/C=C/C(=O)Nc2cc3c(Nc4ccc(F)c(Br)c4)ncnc3cn2)n1C.[Br-]. The predicted octanol–water partition coefficient (Wildman–Crippen LogP) is 1.46. The lowest BCUT2D eigenvalue weighted by Crippen LogP contribution is -3.00. The number of imidazole rings is 1. The first-order chi connectivity index (χ1) is 19.5. The van der Waals surface area contributed by atoms with Gasteiger partial charge in [-0.15, -0.1) is 0 Å². The molecule has 0 saturated heterocycles. The van der Waals surface area contributed by atoms with Crippen molar-refractivity contribution in [3.05, 3.63) is 80.9 Å². The van der Waals surface area contributed by atoms with Crippen molar-refractivity contribution in [2.24, 2.45) is 7.05 Å². The third-order valence-electron chi connectivity index (χ3n) is 6.00. The number of hydrogen-bond acceptors (Lipinski definition) is 8. The van der Waals surface area contributed by atoms with E-state index in [0.29, 0.717) is 56.0 Å². The van der Waals surface area contributed by atoms with Gasteiger partial charge >= 0.3 is 5.82 Å². The van der Waals surface area contributed by atoms with Gasteiger partial charge in [-0.05, 0) is 69.0 Å². The monoisotopic (exact) mass is 701 g/mol. The number of nitrogens with one attached hydrogen (secondary N) is 2. The van der Waals surface area contributed by atoms with Crippen LogP contribution in [-0.4, -0.2) is 60.5 Å². The molecule has 3 aromatic heterocycles. The topological polar surface area (TPSA) is 141 Å². The molecule has 0 aliphatic carbocycles. The molecule has 0 aliphatic rings. The molecule has 0 spiro atoms. The smallest absolute Gasteiger partial charge is 0.392 e. The number of carbonyl (C=O) groups excluding carboxylic acids is 1. The zero-order valence-corrected chi connectivity index (χ0v) is 26.2. The summed E-state index contributed by atoms with van der Waals surface area (Å²) in [5.74, 6) is 5.53. The number of likely N-dealkylation sites (N-methyl/N-ethyl adjacent to an activating group) is 1. The van der Waals surface area contributed by atoms with E-state index in [4.69, 9.17) is 0 Å². The highest BCUT2D eigenvalue weighted by Crippen LogP contribution is 2.27. The zero-order valence-electron chi connectivity index (χ0n) is 23.0. The van der Waals surface area contributed by atoms with Crippen LogP contribution in [0, 0.1) is 27.8 Å². The van der Waals surface area contributed by atoms with Crippen LogP contribution in [0.4, 0.5) is 27.5 Å². The molecule has 0 saturated carbocycles. The largest absolute Gasteiger partial charge is 1.00 e. The number of anilines is 3. The number of nitro groups is 1. The fourth-order valence-electron chi connectivity index (χ4n) is 3.98. The number of halogens is 3. The van der Waals surface area contributed by atoms with Crippen molar-refractivity contribution >= 4 is 55.9 Å². The Morgan fingerprint density at radius 3 is 2.71 bits per heavy atom. The third-order valence-corrected chi connectivity index (χ3v) is 6.61. The second-order valence-corrected chi connectivity index (χ2v) is 10.5. The summed E-state index contributed by atoms with van der Waals surface area (Å²) in [7, 11) is 5.48. The molecule has 1 amide bonds. The van der Waals surface area contributed by atoms with Gasteiger partial charge in [-0.3, -0.25) is 9.36 Å². The number of benzene rings is 1. The van der Waals surface area contributed by atoms with E-state index in [1.807, 2.05) is 14.1 Å². The first kappa shape index (κ1) is 32.3.